The summed E-state index contributed by atoms with van der Waals surface area (Å²) in [6.07, 6.45) is 14.4. The average Bonchev–Trinajstić information content (AvgIpc) is 2.45. The molecule has 0 spiro atoms. The molecule has 0 aromatic carbocycles. The second kappa shape index (κ2) is 14.1. The zero-order valence-electron chi connectivity index (χ0n) is 15.6. The predicted octanol–water partition coefficient (Wildman–Crippen LogP) is 6.68. The summed E-state index contributed by atoms with van der Waals surface area (Å²) in [5, 5.41) is 9.45. The van der Waals surface area contributed by atoms with Gasteiger partial charge in [-0.25, -0.2) is 0 Å². The second-order valence-electron chi connectivity index (χ2n) is 7.51. The Morgan fingerprint density at radius 3 is 1.82 bits per heavy atom. The molecule has 0 aliphatic carbocycles. The SMILES string of the molecule is CCCCCCC(C)C(CCCCCCCC(C)C)C(=O)O. The average molecular weight is 313 g/mol. The molecule has 0 rings (SSSR count). The largest absolute Gasteiger partial charge is 0.481 e. The lowest BCUT2D eigenvalue weighted by atomic mass is 9.85. The van der Waals surface area contributed by atoms with Gasteiger partial charge in [0.1, 0.15) is 0 Å². The Morgan fingerprint density at radius 1 is 0.773 bits per heavy atom. The summed E-state index contributed by atoms with van der Waals surface area (Å²) in [7, 11) is 0. The molecule has 2 atom stereocenters. The fraction of sp³-hybridized carbons (Fsp3) is 0.950. The summed E-state index contributed by atoms with van der Waals surface area (Å²) in [6.45, 7) is 8.90. The van der Waals surface area contributed by atoms with Gasteiger partial charge in [0.05, 0.1) is 5.92 Å². The molecule has 0 amide bonds. The van der Waals surface area contributed by atoms with E-state index in [4.69, 9.17) is 0 Å². The van der Waals surface area contributed by atoms with Crippen molar-refractivity contribution in [1.82, 2.24) is 0 Å². The molecule has 2 unspecified atom stereocenters. The first-order valence-electron chi connectivity index (χ1n) is 9.71. The van der Waals surface area contributed by atoms with Gasteiger partial charge in [0.25, 0.3) is 0 Å². The van der Waals surface area contributed by atoms with Crippen molar-refractivity contribution < 1.29 is 9.90 Å². The van der Waals surface area contributed by atoms with Gasteiger partial charge in [-0.2, -0.15) is 0 Å². The molecule has 0 aliphatic rings. The fourth-order valence-electron chi connectivity index (χ4n) is 3.19. The molecule has 132 valence electrons. The highest BCUT2D eigenvalue weighted by Crippen LogP contribution is 2.25. The molecule has 1 N–H and O–H groups in total. The molecule has 2 heteroatoms. The molecule has 0 radical (unpaired) electrons. The first-order valence-corrected chi connectivity index (χ1v) is 9.71. The first-order chi connectivity index (χ1) is 10.5. The van der Waals surface area contributed by atoms with Crippen molar-refractivity contribution in [2.45, 2.75) is 105 Å². The molecule has 0 bridgehead atoms. The Morgan fingerprint density at radius 2 is 1.27 bits per heavy atom. The highest BCUT2D eigenvalue weighted by atomic mass is 16.4. The molecule has 0 saturated heterocycles. The van der Waals surface area contributed by atoms with E-state index in [1.807, 2.05) is 0 Å². The van der Waals surface area contributed by atoms with Crippen LogP contribution in [0.3, 0.4) is 0 Å². The Hall–Kier alpha value is -0.530. The van der Waals surface area contributed by atoms with E-state index in [1.54, 1.807) is 0 Å². The van der Waals surface area contributed by atoms with Crippen LogP contribution < -0.4 is 0 Å². The van der Waals surface area contributed by atoms with E-state index >= 15 is 0 Å². The van der Waals surface area contributed by atoms with Crippen LogP contribution in [0.15, 0.2) is 0 Å². The van der Waals surface area contributed by atoms with Crippen LogP contribution in [0.2, 0.25) is 0 Å². The van der Waals surface area contributed by atoms with Crippen molar-refractivity contribution in [3.8, 4) is 0 Å². The Kier molecular flexibility index (Phi) is 13.7. The number of hydrogen-bond acceptors (Lipinski definition) is 1. The zero-order valence-corrected chi connectivity index (χ0v) is 15.6. The Bertz CT molecular complexity index is 260. The van der Waals surface area contributed by atoms with Crippen LogP contribution in [0.1, 0.15) is 105 Å². The summed E-state index contributed by atoms with van der Waals surface area (Å²) in [6, 6.07) is 0. The van der Waals surface area contributed by atoms with E-state index in [9.17, 15) is 9.90 Å². The van der Waals surface area contributed by atoms with Crippen LogP contribution in [0, 0.1) is 17.8 Å². The lowest BCUT2D eigenvalue weighted by Crippen LogP contribution is -2.21. The van der Waals surface area contributed by atoms with Crippen molar-refractivity contribution in [2.24, 2.45) is 17.8 Å². The lowest BCUT2D eigenvalue weighted by Gasteiger charge is -2.20. The monoisotopic (exact) mass is 312 g/mol. The van der Waals surface area contributed by atoms with Crippen LogP contribution in [-0.4, -0.2) is 11.1 Å². The van der Waals surface area contributed by atoms with Crippen LogP contribution in [-0.2, 0) is 4.79 Å². The quantitative estimate of drug-likeness (QED) is 0.342. The van der Waals surface area contributed by atoms with Crippen molar-refractivity contribution in [3.05, 3.63) is 0 Å². The maximum Gasteiger partial charge on any atom is 0.306 e. The summed E-state index contributed by atoms with van der Waals surface area (Å²) in [4.78, 5) is 11.5. The lowest BCUT2D eigenvalue weighted by molar-refractivity contribution is -0.143. The van der Waals surface area contributed by atoms with Crippen molar-refractivity contribution in [3.63, 3.8) is 0 Å². The minimum Gasteiger partial charge on any atom is -0.481 e. The van der Waals surface area contributed by atoms with Gasteiger partial charge in [-0.1, -0.05) is 91.9 Å². The molecule has 0 saturated carbocycles. The van der Waals surface area contributed by atoms with Crippen molar-refractivity contribution in [1.29, 1.82) is 0 Å². The summed E-state index contributed by atoms with van der Waals surface area (Å²) >= 11 is 0. The molecule has 0 aromatic rings. The summed E-state index contributed by atoms with van der Waals surface area (Å²) in [5.41, 5.74) is 0. The van der Waals surface area contributed by atoms with Gasteiger partial charge < -0.3 is 5.11 Å². The van der Waals surface area contributed by atoms with Crippen LogP contribution in [0.5, 0.6) is 0 Å². The van der Waals surface area contributed by atoms with Crippen molar-refractivity contribution in [2.75, 3.05) is 0 Å². The summed E-state index contributed by atoms with van der Waals surface area (Å²) < 4.78 is 0. The van der Waals surface area contributed by atoms with E-state index in [-0.39, 0.29) is 5.92 Å². The topological polar surface area (TPSA) is 37.3 Å². The van der Waals surface area contributed by atoms with E-state index in [1.165, 1.54) is 57.8 Å². The second-order valence-corrected chi connectivity index (χ2v) is 7.51. The van der Waals surface area contributed by atoms with Gasteiger partial charge >= 0.3 is 5.97 Å². The summed E-state index contributed by atoms with van der Waals surface area (Å²) in [5.74, 6) is 0.431. The van der Waals surface area contributed by atoms with Gasteiger partial charge in [-0.3, -0.25) is 4.79 Å². The number of hydrogen-bond donors (Lipinski definition) is 1. The van der Waals surface area contributed by atoms with Gasteiger partial charge in [0, 0.05) is 0 Å². The molecular weight excluding hydrogens is 272 g/mol. The molecule has 0 aromatic heterocycles. The maximum absolute atomic E-state index is 11.5. The van der Waals surface area contributed by atoms with E-state index in [0.29, 0.717) is 5.92 Å². The Labute approximate surface area is 139 Å². The third-order valence-corrected chi connectivity index (χ3v) is 4.81. The van der Waals surface area contributed by atoms with Crippen LogP contribution in [0.25, 0.3) is 0 Å². The number of carboxylic acids is 1. The van der Waals surface area contributed by atoms with Crippen LogP contribution >= 0.6 is 0 Å². The first kappa shape index (κ1) is 21.5. The number of rotatable bonds is 15. The number of aliphatic carboxylic acids is 1. The van der Waals surface area contributed by atoms with E-state index in [0.717, 1.165) is 25.2 Å². The standard InChI is InChI=1S/C20H40O2/c1-5-6-7-12-15-18(4)19(20(21)22)16-13-10-8-9-11-14-17(2)3/h17-19H,5-16H2,1-4H3,(H,21,22). The third-order valence-electron chi connectivity index (χ3n) is 4.81. The highest BCUT2D eigenvalue weighted by Gasteiger charge is 2.23. The van der Waals surface area contributed by atoms with Gasteiger partial charge in [-0.05, 0) is 24.7 Å². The van der Waals surface area contributed by atoms with E-state index in [2.05, 4.69) is 27.7 Å². The molecule has 0 fully saturated rings. The zero-order chi connectivity index (χ0) is 16.8. The van der Waals surface area contributed by atoms with Gasteiger partial charge in [0.2, 0.25) is 0 Å². The number of carboxylic acid groups (broad SMARTS) is 1. The molecule has 2 nitrogen and oxygen atoms in total. The smallest absolute Gasteiger partial charge is 0.306 e. The number of unbranched alkanes of at least 4 members (excludes halogenated alkanes) is 7. The molecule has 0 heterocycles. The number of carbonyl (C=O) groups is 1. The van der Waals surface area contributed by atoms with E-state index < -0.39 is 5.97 Å². The van der Waals surface area contributed by atoms with Crippen molar-refractivity contribution >= 4 is 5.97 Å². The minimum atomic E-state index is -0.581. The minimum absolute atomic E-state index is 0.128. The molecular formula is C20H40O2. The van der Waals surface area contributed by atoms with Crippen LogP contribution in [0.4, 0.5) is 0 Å². The Balaban J connectivity index is 3.78. The van der Waals surface area contributed by atoms with Gasteiger partial charge in [-0.15, -0.1) is 0 Å². The molecule has 22 heavy (non-hydrogen) atoms. The highest BCUT2D eigenvalue weighted by molar-refractivity contribution is 5.70. The maximum atomic E-state index is 11.5. The predicted molar refractivity (Wildman–Crippen MR) is 96.2 cm³/mol. The normalized spacial score (nSPS) is 14.2. The molecule has 0 aliphatic heterocycles. The third kappa shape index (κ3) is 12.1. The fourth-order valence-corrected chi connectivity index (χ4v) is 3.19. The van der Waals surface area contributed by atoms with Gasteiger partial charge in [0.15, 0.2) is 0 Å².